The van der Waals surface area contributed by atoms with Crippen LogP contribution in [0.3, 0.4) is 0 Å². The van der Waals surface area contributed by atoms with E-state index in [-0.39, 0.29) is 11.8 Å². The molecule has 0 aromatic carbocycles. The molecule has 6 heteroatoms. The van der Waals surface area contributed by atoms with Gasteiger partial charge in [0.1, 0.15) is 0 Å². The fourth-order valence-electron chi connectivity index (χ4n) is 1.68. The molecule has 0 spiro atoms. The van der Waals surface area contributed by atoms with Gasteiger partial charge in [-0.3, -0.25) is 9.59 Å². The highest BCUT2D eigenvalue weighted by atomic mass is 127. The maximum absolute atomic E-state index is 11.6. The van der Waals surface area contributed by atoms with Gasteiger partial charge in [-0.05, 0) is 0 Å². The number of alkyl halides is 2. The van der Waals surface area contributed by atoms with Crippen LogP contribution in [-0.2, 0) is 9.59 Å². The molecule has 16 heavy (non-hydrogen) atoms. The van der Waals surface area contributed by atoms with Crippen LogP contribution in [0.5, 0.6) is 0 Å². The summed E-state index contributed by atoms with van der Waals surface area (Å²) in [5.74, 6) is 0.436. The van der Waals surface area contributed by atoms with Gasteiger partial charge in [-0.2, -0.15) is 0 Å². The van der Waals surface area contributed by atoms with E-state index in [9.17, 15) is 9.59 Å². The van der Waals surface area contributed by atoms with E-state index in [1.54, 1.807) is 0 Å². The van der Waals surface area contributed by atoms with Crippen molar-refractivity contribution in [3.8, 4) is 0 Å². The normalized spacial score (nSPS) is 16.4. The largest absolute Gasteiger partial charge is 0.339 e. The van der Waals surface area contributed by atoms with Crippen LogP contribution in [-0.4, -0.2) is 56.6 Å². The number of amides is 2. The Kier molecular flexibility index (Phi) is 6.94. The number of carbonyl (C=O) groups is 2. The first-order valence-corrected chi connectivity index (χ1v) is 8.41. The molecular weight excluding hydrogens is 434 g/mol. The van der Waals surface area contributed by atoms with E-state index in [1.807, 2.05) is 9.80 Å². The minimum atomic E-state index is 0.218. The van der Waals surface area contributed by atoms with Gasteiger partial charge < -0.3 is 9.80 Å². The fraction of sp³-hybridized carbons (Fsp3) is 0.800. The summed E-state index contributed by atoms with van der Waals surface area (Å²) < 4.78 is 1.73. The van der Waals surface area contributed by atoms with E-state index in [4.69, 9.17) is 0 Å². The van der Waals surface area contributed by atoms with Crippen molar-refractivity contribution in [2.45, 2.75) is 12.8 Å². The molecule has 0 bridgehead atoms. The lowest BCUT2D eigenvalue weighted by molar-refractivity contribution is -0.139. The SMILES string of the molecule is O=C(CCI)N1CCN(C(=O)CCI)CC1. The molecule has 0 aromatic heterocycles. The quantitative estimate of drug-likeness (QED) is 0.479. The third-order valence-corrected chi connectivity index (χ3v) is 3.68. The van der Waals surface area contributed by atoms with Crippen molar-refractivity contribution in [1.82, 2.24) is 9.80 Å². The third-order valence-electron chi connectivity index (χ3n) is 2.60. The lowest BCUT2D eigenvalue weighted by Gasteiger charge is -2.34. The molecule has 0 saturated carbocycles. The lowest BCUT2D eigenvalue weighted by atomic mass is 10.2. The molecular formula is C10H16I2N2O2. The maximum Gasteiger partial charge on any atom is 0.223 e. The maximum atomic E-state index is 11.6. The Morgan fingerprint density at radius 2 is 1.12 bits per heavy atom. The molecule has 4 nitrogen and oxygen atoms in total. The molecule has 1 saturated heterocycles. The van der Waals surface area contributed by atoms with Crippen LogP contribution in [0.25, 0.3) is 0 Å². The first-order chi connectivity index (χ1) is 7.69. The zero-order valence-corrected chi connectivity index (χ0v) is 13.4. The van der Waals surface area contributed by atoms with E-state index in [0.29, 0.717) is 39.0 Å². The lowest BCUT2D eigenvalue weighted by Crippen LogP contribution is -2.50. The van der Waals surface area contributed by atoms with Crippen LogP contribution in [0.1, 0.15) is 12.8 Å². The van der Waals surface area contributed by atoms with Crippen molar-refractivity contribution in [2.24, 2.45) is 0 Å². The summed E-state index contributed by atoms with van der Waals surface area (Å²) >= 11 is 4.42. The summed E-state index contributed by atoms with van der Waals surface area (Å²) in [7, 11) is 0. The molecule has 0 atom stereocenters. The highest BCUT2D eigenvalue weighted by Crippen LogP contribution is 2.07. The number of halogens is 2. The minimum absolute atomic E-state index is 0.218. The van der Waals surface area contributed by atoms with Crippen LogP contribution >= 0.6 is 45.2 Å². The van der Waals surface area contributed by atoms with Gasteiger partial charge in [0.2, 0.25) is 11.8 Å². The van der Waals surface area contributed by atoms with E-state index < -0.39 is 0 Å². The first-order valence-electron chi connectivity index (χ1n) is 5.36. The Labute approximate surface area is 123 Å². The second-order valence-electron chi connectivity index (χ2n) is 3.64. The summed E-state index contributed by atoms with van der Waals surface area (Å²) in [4.78, 5) is 27.0. The molecule has 0 unspecified atom stereocenters. The van der Waals surface area contributed by atoms with E-state index in [1.165, 1.54) is 0 Å². The molecule has 1 heterocycles. The fourth-order valence-corrected chi connectivity index (χ4v) is 2.61. The second kappa shape index (κ2) is 7.67. The highest BCUT2D eigenvalue weighted by Gasteiger charge is 2.22. The third kappa shape index (κ3) is 4.34. The summed E-state index contributed by atoms with van der Waals surface area (Å²) in [6.07, 6.45) is 1.23. The van der Waals surface area contributed by atoms with Gasteiger partial charge in [0.15, 0.2) is 0 Å². The Morgan fingerprint density at radius 1 is 0.812 bits per heavy atom. The molecule has 1 aliphatic heterocycles. The zero-order valence-electron chi connectivity index (χ0n) is 9.12. The van der Waals surface area contributed by atoms with Crippen LogP contribution in [0.2, 0.25) is 0 Å². The molecule has 0 N–H and O–H groups in total. The summed E-state index contributed by atoms with van der Waals surface area (Å²) in [6, 6.07) is 0. The first kappa shape index (κ1) is 14.5. The van der Waals surface area contributed by atoms with Crippen LogP contribution in [0.4, 0.5) is 0 Å². The summed E-state index contributed by atoms with van der Waals surface area (Å²) in [6.45, 7) is 2.79. The van der Waals surface area contributed by atoms with Crippen molar-refractivity contribution in [1.29, 1.82) is 0 Å². The minimum Gasteiger partial charge on any atom is -0.339 e. The van der Waals surface area contributed by atoms with E-state index >= 15 is 0 Å². The molecule has 1 rings (SSSR count). The Balaban J connectivity index is 2.33. The zero-order chi connectivity index (χ0) is 12.0. The predicted molar refractivity (Wildman–Crippen MR) is 80.2 cm³/mol. The van der Waals surface area contributed by atoms with Crippen LogP contribution in [0.15, 0.2) is 0 Å². The Morgan fingerprint density at radius 3 is 1.38 bits per heavy atom. The molecule has 0 aliphatic carbocycles. The van der Waals surface area contributed by atoms with Crippen molar-refractivity contribution >= 4 is 57.0 Å². The number of piperazine rings is 1. The highest BCUT2D eigenvalue weighted by molar-refractivity contribution is 14.1. The second-order valence-corrected chi connectivity index (χ2v) is 5.80. The smallest absolute Gasteiger partial charge is 0.223 e. The van der Waals surface area contributed by atoms with Crippen LogP contribution < -0.4 is 0 Å². The molecule has 0 aromatic rings. The summed E-state index contributed by atoms with van der Waals surface area (Å²) in [5.41, 5.74) is 0. The average molecular weight is 450 g/mol. The number of hydrogen-bond donors (Lipinski definition) is 0. The van der Waals surface area contributed by atoms with Crippen molar-refractivity contribution in [2.75, 3.05) is 35.0 Å². The van der Waals surface area contributed by atoms with Gasteiger partial charge >= 0.3 is 0 Å². The van der Waals surface area contributed by atoms with Gasteiger partial charge in [0.05, 0.1) is 0 Å². The van der Waals surface area contributed by atoms with Gasteiger partial charge in [0.25, 0.3) is 0 Å². The van der Waals surface area contributed by atoms with E-state index in [0.717, 1.165) is 8.86 Å². The Hall–Kier alpha value is 0.400. The number of rotatable bonds is 4. The molecule has 92 valence electrons. The monoisotopic (exact) mass is 450 g/mol. The van der Waals surface area contributed by atoms with Gasteiger partial charge in [-0.25, -0.2) is 0 Å². The van der Waals surface area contributed by atoms with Gasteiger partial charge in [-0.15, -0.1) is 0 Å². The topological polar surface area (TPSA) is 40.6 Å². The molecule has 1 fully saturated rings. The molecule has 2 amide bonds. The van der Waals surface area contributed by atoms with Gasteiger partial charge in [0, 0.05) is 47.9 Å². The average Bonchev–Trinajstić information content (AvgIpc) is 2.30. The van der Waals surface area contributed by atoms with Crippen LogP contribution in [0, 0.1) is 0 Å². The number of nitrogens with zero attached hydrogens (tertiary/aromatic N) is 2. The standard InChI is InChI=1S/C10H16I2N2O2/c11-3-1-9(15)13-5-7-14(8-6-13)10(16)2-4-12/h1-8H2. The van der Waals surface area contributed by atoms with Crippen molar-refractivity contribution in [3.05, 3.63) is 0 Å². The van der Waals surface area contributed by atoms with Crippen molar-refractivity contribution in [3.63, 3.8) is 0 Å². The molecule has 0 radical (unpaired) electrons. The number of hydrogen-bond acceptors (Lipinski definition) is 2. The van der Waals surface area contributed by atoms with Gasteiger partial charge in [-0.1, -0.05) is 45.2 Å². The number of carbonyl (C=O) groups excluding carboxylic acids is 2. The van der Waals surface area contributed by atoms with Crippen molar-refractivity contribution < 1.29 is 9.59 Å². The molecule has 1 aliphatic rings. The van der Waals surface area contributed by atoms with E-state index in [2.05, 4.69) is 45.2 Å². The summed E-state index contributed by atoms with van der Waals surface area (Å²) in [5, 5.41) is 0. The Bertz CT molecular complexity index is 227. The predicted octanol–water partition coefficient (Wildman–Crippen LogP) is 1.31.